The lowest BCUT2D eigenvalue weighted by Gasteiger charge is -2.12. The summed E-state index contributed by atoms with van der Waals surface area (Å²) in [5, 5.41) is 16.3. The second-order valence-electron chi connectivity index (χ2n) is 6.31. The maximum Gasteiger partial charge on any atom is 0.349 e. The van der Waals surface area contributed by atoms with E-state index in [1.165, 1.54) is 19.4 Å². The number of phenols is 1. The summed E-state index contributed by atoms with van der Waals surface area (Å²) < 4.78 is 22.0. The van der Waals surface area contributed by atoms with Gasteiger partial charge in [-0.1, -0.05) is 0 Å². The van der Waals surface area contributed by atoms with E-state index >= 15 is 0 Å². The van der Waals surface area contributed by atoms with Gasteiger partial charge in [0.25, 0.3) is 0 Å². The predicted octanol–water partition coefficient (Wildman–Crippen LogP) is 3.88. The van der Waals surface area contributed by atoms with Gasteiger partial charge in [-0.3, -0.25) is 4.98 Å². The van der Waals surface area contributed by atoms with Crippen LogP contribution in [0.3, 0.4) is 0 Å². The van der Waals surface area contributed by atoms with Crippen LogP contribution in [0.25, 0.3) is 10.9 Å². The lowest BCUT2D eigenvalue weighted by Crippen LogP contribution is -2.20. The van der Waals surface area contributed by atoms with Crippen LogP contribution in [0, 0.1) is 0 Å². The van der Waals surface area contributed by atoms with E-state index in [1.807, 2.05) is 0 Å². The van der Waals surface area contributed by atoms with Gasteiger partial charge >= 0.3 is 6.03 Å². The van der Waals surface area contributed by atoms with Crippen molar-refractivity contribution in [1.29, 1.82) is 0 Å². The van der Waals surface area contributed by atoms with Gasteiger partial charge < -0.3 is 20.5 Å². The van der Waals surface area contributed by atoms with Gasteiger partial charge in [0, 0.05) is 58.9 Å². The number of carbonyl (C=O) groups excluding carboxylic acids is 1. The highest BCUT2D eigenvalue weighted by atomic mass is 32.2. The van der Waals surface area contributed by atoms with E-state index in [9.17, 15) is 14.1 Å². The summed E-state index contributed by atoms with van der Waals surface area (Å²) in [5.41, 5.74) is 1.99. The zero-order chi connectivity index (χ0) is 21.0. The molecule has 0 aliphatic heterocycles. The van der Waals surface area contributed by atoms with Gasteiger partial charge in [-0.15, -0.1) is 4.36 Å². The molecule has 1 aromatic heterocycles. The monoisotopic (exact) mass is 414 g/mol. The largest absolute Gasteiger partial charge is 0.508 e. The molecule has 29 heavy (non-hydrogen) atoms. The summed E-state index contributed by atoms with van der Waals surface area (Å²) in [7, 11) is -1.42. The van der Waals surface area contributed by atoms with E-state index in [2.05, 4.69) is 20.0 Å². The molecule has 0 saturated heterocycles. The number of aromatic hydroxyl groups is 1. The molecule has 0 spiro atoms. The van der Waals surface area contributed by atoms with E-state index in [4.69, 9.17) is 4.74 Å². The SMILES string of the molecule is CCNC(=O)N=S(C)(=O)c1ccc2nccc(Nc3cc(O)cc(OC)c3)c2c1. The Hall–Kier alpha value is -3.33. The van der Waals surface area contributed by atoms with Crippen LogP contribution in [0.15, 0.2) is 57.9 Å². The summed E-state index contributed by atoms with van der Waals surface area (Å²) in [4.78, 5) is 16.5. The minimum atomic E-state index is -2.93. The molecule has 0 aliphatic carbocycles. The molecule has 3 rings (SSSR count). The average Bonchev–Trinajstić information content (AvgIpc) is 2.67. The van der Waals surface area contributed by atoms with Crippen LogP contribution >= 0.6 is 0 Å². The van der Waals surface area contributed by atoms with Gasteiger partial charge in [0.2, 0.25) is 0 Å². The molecule has 2 aromatic carbocycles. The normalized spacial score (nSPS) is 12.8. The van der Waals surface area contributed by atoms with Gasteiger partial charge in [-0.2, -0.15) is 0 Å². The van der Waals surface area contributed by atoms with Crippen LogP contribution in [-0.2, 0) is 9.73 Å². The zero-order valence-electron chi connectivity index (χ0n) is 16.3. The summed E-state index contributed by atoms with van der Waals surface area (Å²) >= 11 is 0. The first-order chi connectivity index (χ1) is 13.8. The van der Waals surface area contributed by atoms with Crippen LogP contribution in [0.1, 0.15) is 6.92 Å². The predicted molar refractivity (Wildman–Crippen MR) is 114 cm³/mol. The molecule has 0 saturated carbocycles. The number of methoxy groups -OCH3 is 1. The topological polar surface area (TPSA) is 113 Å². The lowest BCUT2D eigenvalue weighted by molar-refractivity contribution is 0.250. The Morgan fingerprint density at radius 3 is 2.76 bits per heavy atom. The molecule has 152 valence electrons. The molecule has 9 heteroatoms. The van der Waals surface area contributed by atoms with Crippen molar-refractivity contribution in [1.82, 2.24) is 10.3 Å². The molecule has 3 N–H and O–H groups in total. The number of nitrogens with one attached hydrogen (secondary N) is 2. The Kier molecular flexibility index (Phi) is 5.88. The van der Waals surface area contributed by atoms with E-state index in [1.54, 1.807) is 49.5 Å². The molecular formula is C20H22N4O4S. The van der Waals surface area contributed by atoms with E-state index in [0.717, 1.165) is 0 Å². The average molecular weight is 414 g/mol. The minimum absolute atomic E-state index is 0.0585. The number of rotatable bonds is 5. The Balaban J connectivity index is 2.06. The summed E-state index contributed by atoms with van der Waals surface area (Å²) in [5.74, 6) is 0.562. The first-order valence-electron chi connectivity index (χ1n) is 8.86. The number of ether oxygens (including phenoxy) is 1. The second kappa shape index (κ2) is 8.36. The van der Waals surface area contributed by atoms with Gasteiger partial charge in [0.15, 0.2) is 0 Å². The van der Waals surface area contributed by atoms with E-state index in [0.29, 0.717) is 39.5 Å². The molecule has 1 heterocycles. The number of phenolic OH excluding ortho intramolecular Hbond substituents is 1. The van der Waals surface area contributed by atoms with Gasteiger partial charge in [0.1, 0.15) is 11.5 Å². The third-order valence-corrected chi connectivity index (χ3v) is 5.78. The number of urea groups is 1. The molecule has 3 aromatic rings. The van der Waals surface area contributed by atoms with Crippen molar-refractivity contribution in [3.63, 3.8) is 0 Å². The van der Waals surface area contributed by atoms with Crippen molar-refractivity contribution in [3.8, 4) is 11.5 Å². The van der Waals surface area contributed by atoms with Crippen molar-refractivity contribution >= 4 is 38.0 Å². The maximum atomic E-state index is 13.0. The zero-order valence-corrected chi connectivity index (χ0v) is 17.1. The second-order valence-corrected chi connectivity index (χ2v) is 8.57. The van der Waals surface area contributed by atoms with E-state index in [-0.39, 0.29) is 5.75 Å². The number of nitrogens with zero attached hydrogens (tertiary/aromatic N) is 2. The van der Waals surface area contributed by atoms with Gasteiger partial charge in [-0.05, 0) is 31.2 Å². The number of anilines is 2. The Bertz CT molecular complexity index is 1190. The van der Waals surface area contributed by atoms with Crippen molar-refractivity contribution in [2.75, 3.05) is 25.2 Å². The van der Waals surface area contributed by atoms with E-state index < -0.39 is 15.8 Å². The highest BCUT2D eigenvalue weighted by molar-refractivity contribution is 7.93. The van der Waals surface area contributed by atoms with Crippen molar-refractivity contribution in [2.45, 2.75) is 11.8 Å². The third-order valence-electron chi connectivity index (χ3n) is 4.14. The molecule has 0 bridgehead atoms. The highest BCUT2D eigenvalue weighted by Gasteiger charge is 2.12. The maximum absolute atomic E-state index is 13.0. The summed E-state index contributed by atoms with van der Waals surface area (Å²) in [6, 6.07) is 11.0. The molecule has 8 nitrogen and oxygen atoms in total. The van der Waals surface area contributed by atoms with Crippen LogP contribution in [0.5, 0.6) is 11.5 Å². The fraction of sp³-hybridized carbons (Fsp3) is 0.200. The smallest absolute Gasteiger partial charge is 0.349 e. The van der Waals surface area contributed by atoms with Crippen molar-refractivity contribution < 1.29 is 18.8 Å². The minimum Gasteiger partial charge on any atom is -0.508 e. The highest BCUT2D eigenvalue weighted by Crippen LogP contribution is 2.31. The summed E-state index contributed by atoms with van der Waals surface area (Å²) in [6.45, 7) is 2.17. The van der Waals surface area contributed by atoms with Crippen LogP contribution in [0.2, 0.25) is 0 Å². The number of pyridine rings is 1. The van der Waals surface area contributed by atoms with Gasteiger partial charge in [0.05, 0.1) is 22.4 Å². The molecule has 1 unspecified atom stereocenters. The molecular weight excluding hydrogens is 392 g/mol. The number of fused-ring (bicyclic) bond motifs is 1. The molecule has 2 amide bonds. The van der Waals surface area contributed by atoms with Crippen LogP contribution in [-0.4, -0.2) is 40.2 Å². The first-order valence-corrected chi connectivity index (χ1v) is 10.8. The molecule has 1 atom stereocenters. The van der Waals surface area contributed by atoms with Crippen molar-refractivity contribution in [2.24, 2.45) is 4.36 Å². The number of amides is 2. The number of carbonyl (C=O) groups is 1. The fourth-order valence-electron chi connectivity index (χ4n) is 2.79. The third kappa shape index (κ3) is 4.75. The number of hydrogen-bond donors (Lipinski definition) is 3. The lowest BCUT2D eigenvalue weighted by atomic mass is 10.1. The quantitative estimate of drug-likeness (QED) is 0.584. The Morgan fingerprint density at radius 2 is 2.03 bits per heavy atom. The van der Waals surface area contributed by atoms with Gasteiger partial charge in [-0.25, -0.2) is 9.00 Å². The summed E-state index contributed by atoms with van der Waals surface area (Å²) in [6.07, 6.45) is 3.07. The molecule has 0 radical (unpaired) electrons. The van der Waals surface area contributed by atoms with Crippen LogP contribution in [0.4, 0.5) is 16.2 Å². The number of benzene rings is 2. The molecule has 0 fully saturated rings. The standard InChI is InChI=1S/C20H22N4O4S/c1-4-21-20(26)24-29(3,27)16-5-6-18-17(12-16)19(7-8-22-18)23-13-9-14(25)11-15(10-13)28-2/h5-12,25H,4H2,1-3H3,(H,21,26)(H,22,23). The Labute approximate surface area is 169 Å². The number of hydrogen-bond acceptors (Lipinski definition) is 6. The molecule has 0 aliphatic rings. The van der Waals surface area contributed by atoms with Crippen LogP contribution < -0.4 is 15.4 Å². The Morgan fingerprint density at radius 1 is 1.24 bits per heavy atom. The van der Waals surface area contributed by atoms with Crippen molar-refractivity contribution in [3.05, 3.63) is 48.7 Å². The fourth-order valence-corrected chi connectivity index (χ4v) is 3.94. The first kappa shape index (κ1) is 20.4. The number of aromatic nitrogens is 1.